The second-order valence-electron chi connectivity index (χ2n) is 18.2. The van der Waals surface area contributed by atoms with Crippen LogP contribution in [0.15, 0.2) is 219 Å². The second kappa shape index (κ2) is 18.8. The van der Waals surface area contributed by atoms with E-state index >= 15 is 0 Å². The van der Waals surface area contributed by atoms with E-state index in [-0.39, 0.29) is 16.6 Å². The van der Waals surface area contributed by atoms with Gasteiger partial charge in [0.25, 0.3) is 0 Å². The fourth-order valence-corrected chi connectivity index (χ4v) is 9.42. The maximum atomic E-state index is 9.44. The Hall–Kier alpha value is -8.09. The van der Waals surface area contributed by atoms with Crippen molar-refractivity contribution in [2.24, 2.45) is 0 Å². The van der Waals surface area contributed by atoms with Gasteiger partial charge in [-0.2, -0.15) is 0 Å². The Morgan fingerprint density at radius 1 is 0.388 bits per heavy atom. The average molecular weight is 876 g/mol. The van der Waals surface area contributed by atoms with Gasteiger partial charge >= 0.3 is 0 Å². The molecule has 3 N–H and O–H groups in total. The highest BCUT2D eigenvalue weighted by atomic mass is 16.1. The molecule has 12 rings (SSSR count). The fraction of sp³-hybridized carbons (Fsp3) is 0.131. The van der Waals surface area contributed by atoms with Crippen molar-refractivity contribution in [3.8, 4) is 11.4 Å². The molecule has 12 aromatic rings. The molecule has 0 aliphatic heterocycles. The van der Waals surface area contributed by atoms with Gasteiger partial charge in [-0.05, 0) is 102 Å². The minimum Gasteiger partial charge on any atom is -0.361 e. The summed E-state index contributed by atoms with van der Waals surface area (Å²) in [4.78, 5) is 19.4. The Bertz CT molecular complexity index is 3350. The number of Topliss-reactive ketones (excluding diaryl/α,β-unsaturated/α-hetero) is 1. The molecular formula is C61H57N5O. The quantitative estimate of drug-likeness (QED) is 0.153. The van der Waals surface area contributed by atoms with Gasteiger partial charge in [0.15, 0.2) is 0 Å². The summed E-state index contributed by atoms with van der Waals surface area (Å²) in [5, 5.41) is 6.46. The number of aromatic amines is 3. The van der Waals surface area contributed by atoms with Crippen LogP contribution >= 0.6 is 0 Å². The molecule has 0 bridgehead atoms. The molecule has 0 aliphatic rings. The first-order valence-electron chi connectivity index (χ1n) is 23.0. The van der Waals surface area contributed by atoms with E-state index in [0.717, 1.165) is 0 Å². The number of ketones is 1. The largest absolute Gasteiger partial charge is 0.361 e. The van der Waals surface area contributed by atoms with Gasteiger partial charge in [0.1, 0.15) is 5.78 Å². The van der Waals surface area contributed by atoms with Crippen LogP contribution in [0.2, 0.25) is 0 Å². The van der Waals surface area contributed by atoms with Crippen molar-refractivity contribution >= 4 is 60.3 Å². The second-order valence-corrected chi connectivity index (χ2v) is 18.2. The highest BCUT2D eigenvalue weighted by Gasteiger charge is 2.31. The zero-order valence-corrected chi connectivity index (χ0v) is 39.1. The molecule has 0 saturated heterocycles. The number of carbonyl (C=O) groups excluding carboxylic acids is 1. The summed E-state index contributed by atoms with van der Waals surface area (Å²) in [7, 11) is 0. The molecule has 0 unspecified atom stereocenters. The van der Waals surface area contributed by atoms with Crippen molar-refractivity contribution in [2.75, 3.05) is 0 Å². The van der Waals surface area contributed by atoms with E-state index in [9.17, 15) is 4.79 Å². The minimum atomic E-state index is -0.195. The molecule has 6 heteroatoms. The molecule has 67 heavy (non-hydrogen) atoms. The number of nitrogens with one attached hydrogen (secondary N) is 3. The molecule has 0 aliphatic carbocycles. The van der Waals surface area contributed by atoms with Crippen LogP contribution in [-0.4, -0.2) is 29.9 Å². The minimum absolute atomic E-state index is 0.0563. The number of carbonyl (C=O) groups is 1. The third-order valence-corrected chi connectivity index (χ3v) is 12.8. The van der Waals surface area contributed by atoms with Gasteiger partial charge in [0.05, 0.1) is 11.0 Å². The molecular weight excluding hydrogens is 819 g/mol. The topological polar surface area (TPSA) is 74.3 Å². The number of hydrogen-bond donors (Lipinski definition) is 3. The van der Waals surface area contributed by atoms with Gasteiger partial charge in [0.2, 0.25) is 0 Å². The van der Waals surface area contributed by atoms with Crippen LogP contribution in [0.1, 0.15) is 63.8 Å². The first-order chi connectivity index (χ1) is 32.5. The summed E-state index contributed by atoms with van der Waals surface area (Å²) < 4.78 is 4.64. The number of nitrogens with zero attached hydrogens (tertiary/aromatic N) is 2. The molecule has 0 spiro atoms. The standard InChI is InChI=1S/C31H26N2.C19H18N2.C8H7N.C3H6O/c1-31(2,27-21-32(23-13-5-3-6-14-23)29-19-11-9-17-25(27)29)28-22-33(24-15-7-4-8-16-24)30-20-12-10-18-26(28)30;1-19(2,15-11-20-17-9-5-3-7-13(15)17)16-12-21-18-10-6-4-8-14(16)18;1-2-4-8-7(3-1)5-6-9-8;1-3(2)4/h3-22H,1-2H3;3-12,20-21H,1-2H3;1-6,9H;1-2H3. The van der Waals surface area contributed by atoms with Gasteiger partial charge < -0.3 is 28.9 Å². The molecule has 0 amide bonds. The number of hydrogen-bond acceptors (Lipinski definition) is 1. The number of H-pyrrole nitrogens is 3. The van der Waals surface area contributed by atoms with Crippen LogP contribution in [0.25, 0.3) is 65.9 Å². The molecule has 0 fully saturated rings. The lowest BCUT2D eigenvalue weighted by Gasteiger charge is -2.24. The smallest absolute Gasteiger partial charge is 0.126 e. The summed E-state index contributed by atoms with van der Waals surface area (Å²) in [5.41, 5.74) is 13.5. The fourth-order valence-electron chi connectivity index (χ4n) is 9.42. The summed E-state index contributed by atoms with van der Waals surface area (Å²) >= 11 is 0. The molecule has 5 heterocycles. The van der Waals surface area contributed by atoms with Crippen molar-refractivity contribution in [2.45, 2.75) is 52.4 Å². The van der Waals surface area contributed by atoms with Gasteiger partial charge in [-0.25, -0.2) is 0 Å². The molecule has 6 nitrogen and oxygen atoms in total. The van der Waals surface area contributed by atoms with Crippen molar-refractivity contribution in [1.29, 1.82) is 0 Å². The lowest BCUT2D eigenvalue weighted by atomic mass is 9.78. The Morgan fingerprint density at radius 2 is 0.746 bits per heavy atom. The van der Waals surface area contributed by atoms with E-state index in [1.54, 1.807) is 0 Å². The lowest BCUT2D eigenvalue weighted by molar-refractivity contribution is -0.115. The van der Waals surface area contributed by atoms with Gasteiger partial charge in [-0.1, -0.05) is 155 Å². The van der Waals surface area contributed by atoms with E-state index in [1.807, 2.05) is 18.3 Å². The third-order valence-electron chi connectivity index (χ3n) is 12.8. The number of fused-ring (bicyclic) bond motifs is 5. The van der Waals surface area contributed by atoms with E-state index in [2.05, 4.69) is 252 Å². The van der Waals surface area contributed by atoms with Crippen molar-refractivity contribution < 1.29 is 4.79 Å². The van der Waals surface area contributed by atoms with Crippen LogP contribution in [0.4, 0.5) is 0 Å². The zero-order chi connectivity index (χ0) is 46.5. The number of para-hydroxylation sites is 7. The van der Waals surface area contributed by atoms with Crippen LogP contribution in [-0.2, 0) is 15.6 Å². The van der Waals surface area contributed by atoms with E-state index in [0.29, 0.717) is 0 Å². The normalized spacial score (nSPS) is 11.5. The van der Waals surface area contributed by atoms with E-state index in [4.69, 9.17) is 0 Å². The highest BCUT2D eigenvalue weighted by molar-refractivity contribution is 5.92. The maximum absolute atomic E-state index is 9.44. The SMILES string of the molecule is CC(C)(c1c[nH]c2ccccc12)c1c[nH]c2ccccc12.CC(C)(c1cn(-c2ccccc2)c2ccccc12)c1cn(-c2ccccc2)c2ccccc12.CC(C)=O.c1ccc2[nH]ccc2c1. The van der Waals surface area contributed by atoms with Crippen LogP contribution < -0.4 is 0 Å². The molecule has 0 atom stereocenters. The Kier molecular flexibility index (Phi) is 12.4. The summed E-state index contributed by atoms with van der Waals surface area (Å²) in [5.74, 6) is 0.167. The maximum Gasteiger partial charge on any atom is 0.126 e. The third kappa shape index (κ3) is 8.86. The first-order valence-corrected chi connectivity index (χ1v) is 23.0. The molecule has 0 saturated carbocycles. The summed E-state index contributed by atoms with van der Waals surface area (Å²) in [6, 6.07) is 66.0. The van der Waals surface area contributed by atoms with Crippen molar-refractivity contribution in [3.63, 3.8) is 0 Å². The zero-order valence-electron chi connectivity index (χ0n) is 39.1. The molecule has 332 valence electrons. The van der Waals surface area contributed by atoms with Gasteiger partial charge in [0, 0.05) is 91.3 Å². The van der Waals surface area contributed by atoms with E-state index < -0.39 is 0 Å². The Labute approximate surface area is 392 Å². The van der Waals surface area contributed by atoms with Gasteiger partial charge in [-0.3, -0.25) is 0 Å². The van der Waals surface area contributed by atoms with Gasteiger partial charge in [-0.15, -0.1) is 0 Å². The monoisotopic (exact) mass is 875 g/mol. The summed E-state index contributed by atoms with van der Waals surface area (Å²) in [6.45, 7) is 12.3. The Morgan fingerprint density at radius 3 is 1.19 bits per heavy atom. The number of rotatable bonds is 6. The highest BCUT2D eigenvalue weighted by Crippen LogP contribution is 2.43. The van der Waals surface area contributed by atoms with Crippen LogP contribution in [0, 0.1) is 0 Å². The van der Waals surface area contributed by atoms with Crippen molar-refractivity contribution in [3.05, 3.63) is 241 Å². The number of benzene rings is 7. The molecule has 5 aromatic heterocycles. The predicted molar refractivity (Wildman–Crippen MR) is 282 cm³/mol. The molecule has 7 aromatic carbocycles. The number of aromatic nitrogens is 5. The first kappa shape index (κ1) is 44.1. The van der Waals surface area contributed by atoms with Crippen molar-refractivity contribution in [1.82, 2.24) is 24.1 Å². The summed E-state index contributed by atoms with van der Waals surface area (Å²) in [6.07, 6.45) is 10.9. The average Bonchev–Trinajstić information content (AvgIpc) is 4.21. The Balaban J connectivity index is 0.000000139. The predicted octanol–water partition coefficient (Wildman–Crippen LogP) is 15.6. The molecule has 0 radical (unpaired) electrons. The van der Waals surface area contributed by atoms with E-state index in [1.165, 1.54) is 102 Å². The van der Waals surface area contributed by atoms with Crippen LogP contribution in [0.3, 0.4) is 0 Å². The van der Waals surface area contributed by atoms with Crippen LogP contribution in [0.5, 0.6) is 0 Å². The lowest BCUT2D eigenvalue weighted by Crippen LogP contribution is -2.18.